The second kappa shape index (κ2) is 5.33. The molecule has 94 valence electrons. The third kappa shape index (κ3) is 2.78. The van der Waals surface area contributed by atoms with E-state index in [0.717, 1.165) is 5.56 Å². The normalized spacial score (nSPS) is 10.4. The lowest BCUT2D eigenvalue weighted by molar-refractivity contribution is 0.281. The number of aromatic nitrogens is 2. The van der Waals surface area contributed by atoms with Crippen LogP contribution in [0.5, 0.6) is 11.6 Å². The summed E-state index contributed by atoms with van der Waals surface area (Å²) in [5, 5.41) is 9.35. The monoisotopic (exact) mass is 264 g/mol. The first kappa shape index (κ1) is 12.8. The van der Waals surface area contributed by atoms with Gasteiger partial charge in [0.25, 0.3) is 0 Å². The summed E-state index contributed by atoms with van der Waals surface area (Å²) in [6, 6.07) is 7.13. The Hall–Kier alpha value is -1.65. The fourth-order valence-electron chi connectivity index (χ4n) is 1.44. The van der Waals surface area contributed by atoms with Crippen molar-refractivity contribution in [3.05, 3.63) is 46.4 Å². The Kier molecular flexibility index (Phi) is 3.79. The summed E-state index contributed by atoms with van der Waals surface area (Å²) in [5.74, 6) is 1.65. The lowest BCUT2D eigenvalue weighted by Gasteiger charge is -2.09. The van der Waals surface area contributed by atoms with E-state index in [4.69, 9.17) is 21.4 Å². The van der Waals surface area contributed by atoms with Crippen LogP contribution in [-0.4, -0.2) is 15.1 Å². The zero-order chi connectivity index (χ0) is 13.1. The summed E-state index contributed by atoms with van der Waals surface area (Å²) in [6.07, 6.45) is 0. The van der Waals surface area contributed by atoms with E-state index in [1.165, 1.54) is 0 Å². The van der Waals surface area contributed by atoms with E-state index >= 15 is 0 Å². The van der Waals surface area contributed by atoms with Crippen molar-refractivity contribution in [1.29, 1.82) is 0 Å². The van der Waals surface area contributed by atoms with E-state index in [-0.39, 0.29) is 6.61 Å². The highest BCUT2D eigenvalue weighted by Crippen LogP contribution is 2.26. The van der Waals surface area contributed by atoms with E-state index in [1.54, 1.807) is 38.1 Å². The van der Waals surface area contributed by atoms with Gasteiger partial charge in [0.05, 0.1) is 6.61 Å². The molecule has 18 heavy (non-hydrogen) atoms. The molecule has 1 N–H and O–H groups in total. The van der Waals surface area contributed by atoms with Crippen LogP contribution in [0.25, 0.3) is 0 Å². The number of aliphatic hydroxyl groups excluding tert-OH is 1. The molecule has 1 heterocycles. The summed E-state index contributed by atoms with van der Waals surface area (Å²) in [4.78, 5) is 8.25. The van der Waals surface area contributed by atoms with Crippen molar-refractivity contribution in [2.24, 2.45) is 0 Å². The molecule has 0 saturated heterocycles. The van der Waals surface area contributed by atoms with Crippen molar-refractivity contribution in [1.82, 2.24) is 9.97 Å². The lowest BCUT2D eigenvalue weighted by Crippen LogP contribution is -1.97. The van der Waals surface area contributed by atoms with Crippen LogP contribution in [0.4, 0.5) is 0 Å². The minimum absolute atomic E-state index is 0.0117. The molecule has 0 aliphatic carbocycles. The molecular weight excluding hydrogens is 252 g/mol. The van der Waals surface area contributed by atoms with Gasteiger partial charge in [-0.3, -0.25) is 0 Å². The summed E-state index contributed by atoms with van der Waals surface area (Å²) in [6.45, 7) is 3.57. The van der Waals surface area contributed by atoms with Gasteiger partial charge in [-0.2, -0.15) is 4.98 Å². The van der Waals surface area contributed by atoms with Crippen molar-refractivity contribution in [3.63, 3.8) is 0 Å². The maximum absolute atomic E-state index is 8.96. The molecule has 0 fully saturated rings. The molecule has 0 amide bonds. The molecule has 2 aromatic rings. The lowest BCUT2D eigenvalue weighted by atomic mass is 10.2. The highest BCUT2D eigenvalue weighted by molar-refractivity contribution is 6.30. The van der Waals surface area contributed by atoms with Crippen LogP contribution in [0.2, 0.25) is 5.15 Å². The predicted octanol–water partition coefficient (Wildman–Crippen LogP) is 3.03. The molecule has 4 nitrogen and oxygen atoms in total. The van der Waals surface area contributed by atoms with Crippen LogP contribution in [0, 0.1) is 13.8 Å². The van der Waals surface area contributed by atoms with Crippen LogP contribution in [0.3, 0.4) is 0 Å². The summed E-state index contributed by atoms with van der Waals surface area (Å²) < 4.78 is 5.65. The molecule has 0 atom stereocenters. The van der Waals surface area contributed by atoms with E-state index in [9.17, 15) is 0 Å². The summed E-state index contributed by atoms with van der Waals surface area (Å²) in [7, 11) is 0. The number of aryl methyl sites for hydroxylation is 1. The largest absolute Gasteiger partial charge is 0.439 e. The molecule has 0 aliphatic heterocycles. The molecule has 2 rings (SSSR count). The minimum atomic E-state index is 0.0117. The highest BCUT2D eigenvalue weighted by atomic mass is 35.5. The van der Waals surface area contributed by atoms with Gasteiger partial charge < -0.3 is 9.84 Å². The quantitative estimate of drug-likeness (QED) is 0.866. The predicted molar refractivity (Wildman–Crippen MR) is 69.0 cm³/mol. The topological polar surface area (TPSA) is 55.2 Å². The number of halogens is 1. The Labute approximate surface area is 110 Å². The Morgan fingerprint density at radius 1 is 1.17 bits per heavy atom. The number of nitrogens with zero attached hydrogens (tertiary/aromatic N) is 2. The van der Waals surface area contributed by atoms with Gasteiger partial charge in [-0.15, -0.1) is 0 Å². The van der Waals surface area contributed by atoms with Crippen LogP contribution < -0.4 is 4.74 Å². The zero-order valence-corrected chi connectivity index (χ0v) is 10.9. The molecule has 0 saturated carbocycles. The Bertz CT molecular complexity index is 556. The van der Waals surface area contributed by atoms with Crippen molar-refractivity contribution >= 4 is 11.6 Å². The fourth-order valence-corrected chi connectivity index (χ4v) is 1.65. The van der Waals surface area contributed by atoms with Crippen molar-refractivity contribution in [2.45, 2.75) is 20.5 Å². The zero-order valence-electron chi connectivity index (χ0n) is 10.1. The Morgan fingerprint density at radius 2 is 1.83 bits per heavy atom. The summed E-state index contributed by atoms with van der Waals surface area (Å²) >= 11 is 5.97. The Balaban J connectivity index is 2.27. The second-order valence-electron chi connectivity index (χ2n) is 3.90. The van der Waals surface area contributed by atoms with E-state index in [0.29, 0.717) is 28.2 Å². The van der Waals surface area contributed by atoms with Gasteiger partial charge >= 0.3 is 0 Å². The number of hydrogen-bond acceptors (Lipinski definition) is 4. The van der Waals surface area contributed by atoms with Crippen molar-refractivity contribution in [3.8, 4) is 11.6 Å². The highest BCUT2D eigenvalue weighted by Gasteiger charge is 2.09. The van der Waals surface area contributed by atoms with Gasteiger partial charge in [-0.25, -0.2) is 4.98 Å². The van der Waals surface area contributed by atoms with Gasteiger partial charge in [0.2, 0.25) is 5.88 Å². The van der Waals surface area contributed by atoms with E-state index in [1.807, 2.05) is 0 Å². The van der Waals surface area contributed by atoms with Crippen molar-refractivity contribution in [2.75, 3.05) is 0 Å². The third-order valence-electron chi connectivity index (χ3n) is 2.47. The molecule has 5 heteroatoms. The van der Waals surface area contributed by atoms with Crippen LogP contribution in [-0.2, 0) is 6.61 Å². The van der Waals surface area contributed by atoms with Crippen LogP contribution in [0.15, 0.2) is 24.3 Å². The molecule has 0 bridgehead atoms. The van der Waals surface area contributed by atoms with Crippen molar-refractivity contribution < 1.29 is 9.84 Å². The number of benzene rings is 1. The molecule has 0 radical (unpaired) electrons. The van der Waals surface area contributed by atoms with Gasteiger partial charge in [0.1, 0.15) is 16.7 Å². The first-order valence-electron chi connectivity index (χ1n) is 5.48. The maximum atomic E-state index is 8.96. The minimum Gasteiger partial charge on any atom is -0.439 e. The number of aliphatic hydroxyl groups is 1. The van der Waals surface area contributed by atoms with Crippen LogP contribution in [0.1, 0.15) is 17.0 Å². The molecular formula is C13H13ClN2O2. The van der Waals surface area contributed by atoms with Gasteiger partial charge in [0, 0.05) is 5.56 Å². The summed E-state index contributed by atoms with van der Waals surface area (Å²) in [5.41, 5.74) is 1.53. The average Bonchev–Trinajstić information content (AvgIpc) is 2.36. The van der Waals surface area contributed by atoms with Crippen LogP contribution >= 0.6 is 11.6 Å². The SMILES string of the molecule is Cc1nc(Cl)c(C)c(Oc2ccc(CO)cc2)n1. The standard InChI is InChI=1S/C13H13ClN2O2/c1-8-12(14)15-9(2)16-13(8)18-11-5-3-10(7-17)4-6-11/h3-6,17H,7H2,1-2H3. The number of hydrogen-bond donors (Lipinski definition) is 1. The molecule has 0 spiro atoms. The third-order valence-corrected chi connectivity index (χ3v) is 2.84. The average molecular weight is 265 g/mol. The molecule has 1 aromatic carbocycles. The fraction of sp³-hybridized carbons (Fsp3) is 0.231. The molecule has 1 aromatic heterocycles. The number of rotatable bonds is 3. The molecule has 0 aliphatic rings. The van der Waals surface area contributed by atoms with Gasteiger partial charge in [-0.1, -0.05) is 23.7 Å². The molecule has 0 unspecified atom stereocenters. The second-order valence-corrected chi connectivity index (χ2v) is 4.25. The number of ether oxygens (including phenoxy) is 1. The first-order chi connectivity index (χ1) is 8.60. The van der Waals surface area contributed by atoms with Gasteiger partial charge in [-0.05, 0) is 31.5 Å². The maximum Gasteiger partial charge on any atom is 0.226 e. The Morgan fingerprint density at radius 3 is 2.44 bits per heavy atom. The van der Waals surface area contributed by atoms with Gasteiger partial charge in [0.15, 0.2) is 0 Å². The smallest absolute Gasteiger partial charge is 0.226 e. The van der Waals surface area contributed by atoms with E-state index in [2.05, 4.69) is 9.97 Å². The first-order valence-corrected chi connectivity index (χ1v) is 5.86. The van der Waals surface area contributed by atoms with E-state index < -0.39 is 0 Å².